The molecule has 0 radical (unpaired) electrons. The van der Waals surface area contributed by atoms with Crippen molar-refractivity contribution in [1.82, 2.24) is 9.97 Å². The molecule has 0 saturated carbocycles. The fraction of sp³-hybridized carbons (Fsp3) is 0.333. The highest BCUT2D eigenvalue weighted by Crippen LogP contribution is 2.16. The van der Waals surface area contributed by atoms with Gasteiger partial charge in [0.25, 0.3) is 0 Å². The van der Waals surface area contributed by atoms with Crippen LogP contribution in [0, 0.1) is 0 Å². The van der Waals surface area contributed by atoms with E-state index in [2.05, 4.69) is 19.4 Å². The van der Waals surface area contributed by atoms with Crippen LogP contribution in [0.3, 0.4) is 0 Å². The minimum absolute atomic E-state index is 0.161. The van der Waals surface area contributed by atoms with Gasteiger partial charge in [-0.25, -0.2) is 4.98 Å². The molecule has 0 bridgehead atoms. The molecule has 1 heterocycles. The smallest absolute Gasteiger partial charge is 0.483 e. The van der Waals surface area contributed by atoms with E-state index in [4.69, 9.17) is 0 Å². The van der Waals surface area contributed by atoms with E-state index in [0.29, 0.717) is 6.20 Å². The monoisotopic (exact) mass is 207 g/mol. The lowest BCUT2D eigenvalue weighted by molar-refractivity contribution is 0.352. The highest BCUT2D eigenvalue weighted by Gasteiger charge is 2.31. The number of nitrogens with zero attached hydrogens (tertiary/aromatic N) is 2. The van der Waals surface area contributed by atoms with Gasteiger partial charge in [-0.1, -0.05) is 0 Å². The topological polar surface area (TPSA) is 44.2 Å². The molecule has 8 heteroatoms. The minimum atomic E-state index is -5.16. The Kier molecular flexibility index (Phi) is 2.83. The molecular formula is C6H7BF3N2O2-. The van der Waals surface area contributed by atoms with Gasteiger partial charge in [0.2, 0.25) is 0 Å². The summed E-state index contributed by atoms with van der Waals surface area (Å²) >= 11 is 0. The van der Waals surface area contributed by atoms with E-state index in [9.17, 15) is 12.9 Å². The summed E-state index contributed by atoms with van der Waals surface area (Å²) in [5, 5.41) is 0. The van der Waals surface area contributed by atoms with Crippen LogP contribution in [0.4, 0.5) is 12.9 Å². The molecule has 1 aromatic heterocycles. The third-order valence-corrected chi connectivity index (χ3v) is 1.49. The standard InChI is InChI=1S/C6H7BF3N2O2/c1-13-5-4(7(8,9)10)3-11-6(12-5)14-2/h3H,1-2H3/q-1. The van der Waals surface area contributed by atoms with Crippen LogP contribution >= 0.6 is 0 Å². The summed E-state index contributed by atoms with van der Waals surface area (Å²) in [5.41, 5.74) is -0.965. The predicted octanol–water partition coefficient (Wildman–Crippen LogP) is 0.548. The van der Waals surface area contributed by atoms with E-state index in [0.717, 1.165) is 7.11 Å². The van der Waals surface area contributed by atoms with Crippen LogP contribution in [-0.4, -0.2) is 31.2 Å². The van der Waals surface area contributed by atoms with Gasteiger partial charge in [0, 0.05) is 6.20 Å². The Morgan fingerprint density at radius 2 is 1.86 bits per heavy atom. The number of rotatable bonds is 3. The fourth-order valence-electron chi connectivity index (χ4n) is 0.847. The van der Waals surface area contributed by atoms with E-state index in [1.165, 1.54) is 7.11 Å². The third-order valence-electron chi connectivity index (χ3n) is 1.49. The quantitative estimate of drug-likeness (QED) is 0.678. The first-order chi connectivity index (χ1) is 6.49. The normalized spacial score (nSPS) is 11.2. The van der Waals surface area contributed by atoms with Crippen molar-refractivity contribution in [2.75, 3.05) is 14.2 Å². The molecule has 0 aliphatic carbocycles. The Balaban J connectivity index is 3.18. The number of methoxy groups -OCH3 is 2. The van der Waals surface area contributed by atoms with Crippen molar-refractivity contribution >= 4 is 12.4 Å². The number of hydrogen-bond donors (Lipinski definition) is 0. The first kappa shape index (κ1) is 10.6. The summed E-state index contributed by atoms with van der Waals surface area (Å²) < 4.78 is 46.0. The maximum absolute atomic E-state index is 12.3. The van der Waals surface area contributed by atoms with Crippen molar-refractivity contribution in [2.45, 2.75) is 0 Å². The fourth-order valence-corrected chi connectivity index (χ4v) is 0.847. The summed E-state index contributed by atoms with van der Waals surface area (Å²) in [4.78, 5) is 6.77. The molecule has 4 nitrogen and oxygen atoms in total. The second-order valence-corrected chi connectivity index (χ2v) is 2.40. The van der Waals surface area contributed by atoms with Gasteiger partial charge in [0.15, 0.2) is 5.88 Å². The molecule has 0 fully saturated rings. The van der Waals surface area contributed by atoms with Crippen molar-refractivity contribution in [3.8, 4) is 11.9 Å². The molecular weight excluding hydrogens is 200 g/mol. The lowest BCUT2D eigenvalue weighted by atomic mass is 9.82. The van der Waals surface area contributed by atoms with Crippen LogP contribution in [-0.2, 0) is 0 Å². The van der Waals surface area contributed by atoms with Crippen LogP contribution in [0.15, 0.2) is 6.20 Å². The molecule has 1 aromatic rings. The summed E-state index contributed by atoms with van der Waals surface area (Å²) in [5.74, 6) is -0.524. The average molecular weight is 207 g/mol. The van der Waals surface area contributed by atoms with Gasteiger partial charge in [-0.2, -0.15) is 4.98 Å². The zero-order valence-corrected chi connectivity index (χ0v) is 7.50. The molecule has 1 rings (SSSR count). The largest absolute Gasteiger partial charge is 0.516 e. The zero-order valence-electron chi connectivity index (χ0n) is 7.50. The summed E-state index contributed by atoms with van der Waals surface area (Å²) in [7, 11) is 2.36. The molecule has 0 aromatic carbocycles. The predicted molar refractivity (Wildman–Crippen MR) is 43.8 cm³/mol. The molecule has 14 heavy (non-hydrogen) atoms. The molecule has 0 spiro atoms. The number of aromatic nitrogens is 2. The Labute approximate surface area is 78.1 Å². The molecule has 0 N–H and O–H groups in total. The first-order valence-corrected chi connectivity index (χ1v) is 3.64. The summed E-state index contributed by atoms with van der Waals surface area (Å²) in [6, 6.07) is -0.161. The van der Waals surface area contributed by atoms with Crippen LogP contribution in [0.5, 0.6) is 11.9 Å². The number of hydrogen-bond acceptors (Lipinski definition) is 4. The van der Waals surface area contributed by atoms with Crippen molar-refractivity contribution in [3.63, 3.8) is 0 Å². The van der Waals surface area contributed by atoms with E-state index in [1.807, 2.05) is 0 Å². The second kappa shape index (κ2) is 3.73. The Morgan fingerprint density at radius 3 is 2.29 bits per heavy atom. The minimum Gasteiger partial charge on any atom is -0.483 e. The third kappa shape index (κ3) is 2.07. The van der Waals surface area contributed by atoms with E-state index in [1.54, 1.807) is 0 Å². The highest BCUT2D eigenvalue weighted by atomic mass is 19.4. The molecule has 0 unspecified atom stereocenters. The lowest BCUT2D eigenvalue weighted by Crippen LogP contribution is -2.36. The van der Waals surface area contributed by atoms with Crippen LogP contribution in [0.1, 0.15) is 0 Å². The molecule has 0 amide bonds. The van der Waals surface area contributed by atoms with Crippen molar-refractivity contribution in [2.24, 2.45) is 0 Å². The maximum atomic E-state index is 12.3. The van der Waals surface area contributed by atoms with E-state index in [-0.39, 0.29) is 6.01 Å². The Hall–Kier alpha value is -1.47. The highest BCUT2D eigenvalue weighted by molar-refractivity contribution is 6.74. The molecule has 78 valence electrons. The van der Waals surface area contributed by atoms with Crippen molar-refractivity contribution in [3.05, 3.63) is 6.20 Å². The zero-order chi connectivity index (χ0) is 10.8. The molecule has 0 saturated heterocycles. The molecule has 0 aliphatic heterocycles. The number of ether oxygens (including phenoxy) is 2. The summed E-state index contributed by atoms with van der Waals surface area (Å²) in [6.07, 6.45) is 0.644. The Morgan fingerprint density at radius 1 is 1.21 bits per heavy atom. The summed E-state index contributed by atoms with van der Waals surface area (Å²) in [6.45, 7) is -5.16. The lowest BCUT2D eigenvalue weighted by Gasteiger charge is -2.16. The van der Waals surface area contributed by atoms with Gasteiger partial charge in [0.05, 0.1) is 14.2 Å². The van der Waals surface area contributed by atoms with Gasteiger partial charge >= 0.3 is 13.0 Å². The second-order valence-electron chi connectivity index (χ2n) is 2.40. The van der Waals surface area contributed by atoms with Crippen LogP contribution in [0.25, 0.3) is 0 Å². The number of halogens is 3. The SMILES string of the molecule is COc1ncc([B-](F)(F)F)c(OC)n1. The maximum Gasteiger partial charge on any atom is 0.516 e. The van der Waals surface area contributed by atoms with E-state index < -0.39 is 18.3 Å². The van der Waals surface area contributed by atoms with Gasteiger partial charge < -0.3 is 22.4 Å². The van der Waals surface area contributed by atoms with Crippen LogP contribution < -0.4 is 14.9 Å². The van der Waals surface area contributed by atoms with Crippen LogP contribution in [0.2, 0.25) is 0 Å². The average Bonchev–Trinajstić information content (AvgIpc) is 2.15. The van der Waals surface area contributed by atoms with Crippen molar-refractivity contribution < 1.29 is 22.4 Å². The first-order valence-electron chi connectivity index (χ1n) is 3.64. The van der Waals surface area contributed by atoms with Crippen molar-refractivity contribution in [1.29, 1.82) is 0 Å². The van der Waals surface area contributed by atoms with Gasteiger partial charge in [-0.05, 0) is 5.46 Å². The molecule has 0 atom stereocenters. The molecule has 0 aliphatic rings. The van der Waals surface area contributed by atoms with E-state index >= 15 is 0 Å². The van der Waals surface area contributed by atoms with Gasteiger partial charge in [-0.3, -0.25) is 0 Å². The van der Waals surface area contributed by atoms with Gasteiger partial charge in [0.1, 0.15) is 0 Å². The van der Waals surface area contributed by atoms with Gasteiger partial charge in [-0.15, -0.1) is 0 Å². The Bertz CT molecular complexity index is 331.